The molecule has 0 saturated carbocycles. The molecule has 0 bridgehead atoms. The molecule has 1 saturated heterocycles. The van der Waals surface area contributed by atoms with Gasteiger partial charge in [-0.1, -0.05) is 48.5 Å². The molecule has 1 N–H and O–H groups in total. The number of carbonyl (C=O) groups excluding carboxylic acids is 2. The molecule has 0 radical (unpaired) electrons. The lowest BCUT2D eigenvalue weighted by Crippen LogP contribution is -2.40. The van der Waals surface area contributed by atoms with Crippen LogP contribution in [0.5, 0.6) is 0 Å². The number of nitrogens with one attached hydrogen (secondary N) is 1. The third-order valence-electron chi connectivity index (χ3n) is 5.48. The highest BCUT2D eigenvalue weighted by molar-refractivity contribution is 5.94. The maximum absolute atomic E-state index is 12.5. The number of nitrogens with zero attached hydrogens (tertiary/aromatic N) is 3. The molecular weight excluding hydrogens is 388 g/mol. The van der Waals surface area contributed by atoms with Crippen LogP contribution in [0.3, 0.4) is 0 Å². The van der Waals surface area contributed by atoms with Crippen molar-refractivity contribution in [2.75, 3.05) is 18.4 Å². The molecule has 1 aromatic heterocycles. The van der Waals surface area contributed by atoms with Gasteiger partial charge in [0, 0.05) is 42.5 Å². The maximum Gasteiger partial charge on any atom is 0.246 e. The van der Waals surface area contributed by atoms with Gasteiger partial charge in [0.05, 0.1) is 12.7 Å². The lowest BCUT2D eigenvalue weighted by atomic mass is 9.95. The topological polar surface area (TPSA) is 67.2 Å². The highest BCUT2D eigenvalue weighted by Crippen LogP contribution is 2.20. The van der Waals surface area contributed by atoms with Gasteiger partial charge in [0.2, 0.25) is 11.8 Å². The SMILES string of the molecule is O=C(Nc1ccccc1)C1CCN(C(=O)C=Cc2cnn(Cc3ccccc3)c2)CC1. The summed E-state index contributed by atoms with van der Waals surface area (Å²) in [6, 6.07) is 19.6. The fraction of sp³-hybridized carbons (Fsp3) is 0.240. The number of piperidine rings is 1. The summed E-state index contributed by atoms with van der Waals surface area (Å²) >= 11 is 0. The van der Waals surface area contributed by atoms with E-state index in [2.05, 4.69) is 22.5 Å². The van der Waals surface area contributed by atoms with Gasteiger partial charge in [0.15, 0.2) is 0 Å². The molecule has 31 heavy (non-hydrogen) atoms. The number of rotatable bonds is 6. The predicted octanol–water partition coefficient (Wildman–Crippen LogP) is 3.82. The molecule has 6 nitrogen and oxygen atoms in total. The van der Waals surface area contributed by atoms with Crippen molar-refractivity contribution < 1.29 is 9.59 Å². The summed E-state index contributed by atoms with van der Waals surface area (Å²) in [6.07, 6.45) is 8.42. The van der Waals surface area contributed by atoms with Crippen LogP contribution in [0.25, 0.3) is 6.08 Å². The molecule has 0 unspecified atom stereocenters. The zero-order chi connectivity index (χ0) is 21.5. The molecule has 3 aromatic rings. The smallest absolute Gasteiger partial charge is 0.246 e. The molecule has 2 amide bonds. The minimum absolute atomic E-state index is 0.0275. The Balaban J connectivity index is 1.25. The van der Waals surface area contributed by atoms with Gasteiger partial charge < -0.3 is 10.2 Å². The van der Waals surface area contributed by atoms with Crippen LogP contribution in [0.1, 0.15) is 24.0 Å². The summed E-state index contributed by atoms with van der Waals surface area (Å²) in [4.78, 5) is 26.8. The molecule has 1 aliphatic heterocycles. The average molecular weight is 415 g/mol. The number of hydrogen-bond donors (Lipinski definition) is 1. The Bertz CT molecular complexity index is 1040. The van der Waals surface area contributed by atoms with E-state index in [1.165, 1.54) is 5.56 Å². The molecule has 0 aliphatic carbocycles. The maximum atomic E-state index is 12.5. The Morgan fingerprint density at radius 1 is 1.00 bits per heavy atom. The van der Waals surface area contributed by atoms with Gasteiger partial charge in [0.1, 0.15) is 0 Å². The molecule has 0 spiro atoms. The minimum atomic E-state index is -0.0653. The number of amides is 2. The van der Waals surface area contributed by atoms with E-state index in [1.807, 2.05) is 59.4 Å². The van der Waals surface area contributed by atoms with Crippen LogP contribution in [0.15, 0.2) is 79.1 Å². The summed E-state index contributed by atoms with van der Waals surface area (Å²) < 4.78 is 1.86. The predicted molar refractivity (Wildman–Crippen MR) is 121 cm³/mol. The number of benzene rings is 2. The fourth-order valence-electron chi connectivity index (χ4n) is 3.72. The molecule has 4 rings (SSSR count). The van der Waals surface area contributed by atoms with Crippen molar-refractivity contribution in [3.63, 3.8) is 0 Å². The summed E-state index contributed by atoms with van der Waals surface area (Å²) in [7, 11) is 0. The van der Waals surface area contributed by atoms with Gasteiger partial charge in [-0.15, -0.1) is 0 Å². The zero-order valence-corrected chi connectivity index (χ0v) is 17.4. The quantitative estimate of drug-likeness (QED) is 0.624. The van der Waals surface area contributed by atoms with Crippen molar-refractivity contribution >= 4 is 23.6 Å². The second-order valence-electron chi connectivity index (χ2n) is 7.75. The number of carbonyl (C=O) groups is 2. The Morgan fingerprint density at radius 2 is 1.68 bits per heavy atom. The van der Waals surface area contributed by atoms with Crippen LogP contribution in [0.2, 0.25) is 0 Å². The Labute approximate surface area is 182 Å². The number of anilines is 1. The van der Waals surface area contributed by atoms with Crippen molar-refractivity contribution in [2.45, 2.75) is 19.4 Å². The number of hydrogen-bond acceptors (Lipinski definition) is 3. The first-order valence-corrected chi connectivity index (χ1v) is 10.6. The molecule has 2 heterocycles. The lowest BCUT2D eigenvalue weighted by Gasteiger charge is -2.30. The number of aromatic nitrogens is 2. The largest absolute Gasteiger partial charge is 0.339 e. The second-order valence-corrected chi connectivity index (χ2v) is 7.75. The van der Waals surface area contributed by atoms with Crippen LogP contribution in [0.4, 0.5) is 5.69 Å². The van der Waals surface area contributed by atoms with Crippen molar-refractivity contribution in [1.82, 2.24) is 14.7 Å². The van der Waals surface area contributed by atoms with Gasteiger partial charge >= 0.3 is 0 Å². The summed E-state index contributed by atoms with van der Waals surface area (Å²) in [5, 5.41) is 7.32. The van der Waals surface area contributed by atoms with E-state index in [4.69, 9.17) is 0 Å². The first-order valence-electron chi connectivity index (χ1n) is 10.6. The normalized spacial score (nSPS) is 14.6. The highest BCUT2D eigenvalue weighted by Gasteiger charge is 2.26. The van der Waals surface area contributed by atoms with Crippen LogP contribution < -0.4 is 5.32 Å². The van der Waals surface area contributed by atoms with E-state index in [-0.39, 0.29) is 17.7 Å². The van der Waals surface area contributed by atoms with Crippen molar-refractivity contribution in [3.8, 4) is 0 Å². The zero-order valence-electron chi connectivity index (χ0n) is 17.4. The van der Waals surface area contributed by atoms with E-state index in [9.17, 15) is 9.59 Å². The number of para-hydroxylation sites is 1. The Hall–Kier alpha value is -3.67. The van der Waals surface area contributed by atoms with Gasteiger partial charge in [-0.05, 0) is 36.6 Å². The fourth-order valence-corrected chi connectivity index (χ4v) is 3.72. The van der Waals surface area contributed by atoms with Gasteiger partial charge in [-0.2, -0.15) is 5.10 Å². The van der Waals surface area contributed by atoms with E-state index < -0.39 is 0 Å². The molecule has 1 aliphatic rings. The molecule has 1 fully saturated rings. The van der Waals surface area contributed by atoms with Crippen LogP contribution in [0, 0.1) is 5.92 Å². The monoisotopic (exact) mass is 414 g/mol. The summed E-state index contributed by atoms with van der Waals surface area (Å²) in [6.45, 7) is 1.87. The van der Waals surface area contributed by atoms with E-state index in [1.54, 1.807) is 23.2 Å². The molecule has 158 valence electrons. The summed E-state index contributed by atoms with van der Waals surface area (Å²) in [5.74, 6) is -0.0677. The van der Waals surface area contributed by atoms with E-state index >= 15 is 0 Å². The summed E-state index contributed by atoms with van der Waals surface area (Å²) in [5.41, 5.74) is 2.87. The molecule has 6 heteroatoms. The van der Waals surface area contributed by atoms with Crippen LogP contribution in [-0.4, -0.2) is 39.6 Å². The third kappa shape index (κ3) is 5.69. The van der Waals surface area contributed by atoms with Gasteiger partial charge in [-0.25, -0.2) is 0 Å². The highest BCUT2D eigenvalue weighted by atomic mass is 16.2. The first-order chi connectivity index (χ1) is 15.2. The first kappa shape index (κ1) is 20.6. The molecule has 0 atom stereocenters. The minimum Gasteiger partial charge on any atom is -0.339 e. The van der Waals surface area contributed by atoms with Crippen LogP contribution >= 0.6 is 0 Å². The second kappa shape index (κ2) is 9.89. The molecular formula is C25H26N4O2. The van der Waals surface area contributed by atoms with Gasteiger partial charge in [-0.3, -0.25) is 14.3 Å². The lowest BCUT2D eigenvalue weighted by molar-refractivity contribution is -0.130. The molecule has 2 aromatic carbocycles. The van der Waals surface area contributed by atoms with Crippen LogP contribution in [-0.2, 0) is 16.1 Å². The van der Waals surface area contributed by atoms with E-state index in [0.717, 1.165) is 11.3 Å². The Kier molecular flexibility index (Phi) is 6.57. The standard InChI is InChI=1S/C25H26N4O2/c30-24(12-11-21-17-26-29(19-21)18-20-7-3-1-4-8-20)28-15-13-22(14-16-28)25(31)27-23-9-5-2-6-10-23/h1-12,17,19,22H,13-16,18H2,(H,27,31). The third-order valence-corrected chi connectivity index (χ3v) is 5.48. The van der Waals surface area contributed by atoms with Gasteiger partial charge in [0.25, 0.3) is 0 Å². The number of likely N-dealkylation sites (tertiary alicyclic amines) is 1. The van der Waals surface area contributed by atoms with Crippen molar-refractivity contribution in [2.24, 2.45) is 5.92 Å². The Morgan fingerprint density at radius 3 is 2.39 bits per heavy atom. The van der Waals surface area contributed by atoms with E-state index in [0.29, 0.717) is 32.5 Å². The van der Waals surface area contributed by atoms with Crippen molar-refractivity contribution in [1.29, 1.82) is 0 Å². The van der Waals surface area contributed by atoms with Crippen molar-refractivity contribution in [3.05, 3.63) is 90.3 Å². The average Bonchev–Trinajstić information content (AvgIpc) is 3.26.